The van der Waals surface area contributed by atoms with E-state index < -0.39 is 6.04 Å². The maximum absolute atomic E-state index is 12.5. The Morgan fingerprint density at radius 2 is 1.94 bits per heavy atom. The molecule has 1 aromatic rings. The van der Waals surface area contributed by atoms with E-state index in [2.05, 4.69) is 5.32 Å². The molecule has 2 unspecified atom stereocenters. The Balaban J connectivity index is 1.30. The van der Waals surface area contributed by atoms with E-state index in [4.69, 9.17) is 14.2 Å². The smallest absolute Gasteiger partial charge is 0.246 e. The average molecular weight is 461 g/mol. The number of rotatable bonds is 10. The molecule has 2 aliphatic rings. The van der Waals surface area contributed by atoms with Gasteiger partial charge < -0.3 is 19.5 Å². The van der Waals surface area contributed by atoms with Crippen molar-refractivity contribution < 1.29 is 23.9 Å². The standard InChI is InChI=1S/C25H36N2O6/c28-25(21-10-4-5-12-22(27(29)30)13-6-11-21)26-16-17-32-24-15-7-14-23(33-24)19-31-18-20-8-2-1-3-9-20/h1-3,8-10,22-24H,4-7,11-19H2,(H,26,28)/b21-10+/t22?,23?,24-/m1/s1. The van der Waals surface area contributed by atoms with Crippen molar-refractivity contribution in [2.24, 2.45) is 0 Å². The summed E-state index contributed by atoms with van der Waals surface area (Å²) >= 11 is 0. The number of hydrogen-bond acceptors (Lipinski definition) is 6. The molecule has 3 atom stereocenters. The third-order valence-electron chi connectivity index (χ3n) is 6.12. The number of amides is 1. The van der Waals surface area contributed by atoms with Crippen LogP contribution in [0.1, 0.15) is 63.4 Å². The highest BCUT2D eigenvalue weighted by atomic mass is 16.7. The Kier molecular flexibility index (Phi) is 10.8. The van der Waals surface area contributed by atoms with Gasteiger partial charge in [0.1, 0.15) is 0 Å². The van der Waals surface area contributed by atoms with Crippen LogP contribution < -0.4 is 5.32 Å². The molecular weight excluding hydrogens is 424 g/mol. The van der Waals surface area contributed by atoms with Crippen molar-refractivity contribution in [3.63, 3.8) is 0 Å². The van der Waals surface area contributed by atoms with Crippen LogP contribution in [-0.2, 0) is 25.6 Å². The molecule has 3 rings (SSSR count). The number of nitrogens with zero attached hydrogens (tertiary/aromatic N) is 1. The van der Waals surface area contributed by atoms with Crippen LogP contribution in [0.3, 0.4) is 0 Å². The summed E-state index contributed by atoms with van der Waals surface area (Å²) in [6.07, 6.45) is 8.27. The summed E-state index contributed by atoms with van der Waals surface area (Å²) in [5.41, 5.74) is 1.87. The van der Waals surface area contributed by atoms with Crippen molar-refractivity contribution in [1.29, 1.82) is 0 Å². The first-order chi connectivity index (χ1) is 16.1. The molecule has 0 bridgehead atoms. The molecule has 1 saturated heterocycles. The molecule has 1 aliphatic heterocycles. The minimum absolute atomic E-state index is 0.0223. The van der Waals surface area contributed by atoms with E-state index >= 15 is 0 Å². The Hall–Kier alpha value is -2.29. The number of allylic oxidation sites excluding steroid dienone is 1. The summed E-state index contributed by atoms with van der Waals surface area (Å²) in [4.78, 5) is 23.4. The molecule has 1 fully saturated rings. The normalized spacial score (nSPS) is 25.7. The highest BCUT2D eigenvalue weighted by Crippen LogP contribution is 2.21. The summed E-state index contributed by atoms with van der Waals surface area (Å²) in [5.74, 6) is -0.102. The van der Waals surface area contributed by atoms with Crippen molar-refractivity contribution in [3.05, 3.63) is 57.7 Å². The fraction of sp³-hybridized carbons (Fsp3) is 0.640. The van der Waals surface area contributed by atoms with Crippen LogP contribution in [0, 0.1) is 10.1 Å². The van der Waals surface area contributed by atoms with Gasteiger partial charge in [-0.25, -0.2) is 0 Å². The number of carbonyl (C=O) groups excluding carboxylic acids is 1. The van der Waals surface area contributed by atoms with E-state index in [1.165, 1.54) is 0 Å². The monoisotopic (exact) mass is 460 g/mol. The molecule has 33 heavy (non-hydrogen) atoms. The number of ether oxygens (including phenoxy) is 3. The molecule has 182 valence electrons. The van der Waals surface area contributed by atoms with Gasteiger partial charge in [-0.2, -0.15) is 0 Å². The first kappa shape index (κ1) is 25.3. The SMILES string of the molecule is O=C(NCCO[C@H]1CCCC(COCc2ccccc2)O1)/C1=C/CCCC([N+](=O)[O-])CCC1. The van der Waals surface area contributed by atoms with Gasteiger partial charge in [0.15, 0.2) is 6.29 Å². The first-order valence-corrected chi connectivity index (χ1v) is 12.1. The summed E-state index contributed by atoms with van der Waals surface area (Å²) in [6.45, 7) is 1.89. The first-order valence-electron chi connectivity index (χ1n) is 12.1. The number of nitro groups is 1. The minimum atomic E-state index is -0.489. The van der Waals surface area contributed by atoms with E-state index in [0.717, 1.165) is 36.8 Å². The Morgan fingerprint density at radius 1 is 1.12 bits per heavy atom. The lowest BCUT2D eigenvalue weighted by Gasteiger charge is -2.29. The highest BCUT2D eigenvalue weighted by molar-refractivity contribution is 5.93. The predicted octanol–water partition coefficient (Wildman–Crippen LogP) is 4.16. The lowest BCUT2D eigenvalue weighted by atomic mass is 10.0. The minimum Gasteiger partial charge on any atom is -0.374 e. The van der Waals surface area contributed by atoms with E-state index in [1.807, 2.05) is 36.4 Å². The van der Waals surface area contributed by atoms with Crippen molar-refractivity contribution in [2.75, 3.05) is 19.8 Å². The zero-order chi connectivity index (χ0) is 23.3. The molecule has 8 nitrogen and oxygen atoms in total. The quantitative estimate of drug-likeness (QED) is 0.320. The molecule has 1 aliphatic carbocycles. The largest absolute Gasteiger partial charge is 0.374 e. The van der Waals surface area contributed by atoms with E-state index in [1.54, 1.807) is 0 Å². The lowest BCUT2D eigenvalue weighted by Crippen LogP contribution is -2.35. The van der Waals surface area contributed by atoms with Crippen LogP contribution in [0.5, 0.6) is 0 Å². The zero-order valence-electron chi connectivity index (χ0n) is 19.3. The molecule has 0 aromatic heterocycles. The van der Waals surface area contributed by atoms with Gasteiger partial charge >= 0.3 is 0 Å². The van der Waals surface area contributed by atoms with Gasteiger partial charge in [0.25, 0.3) is 0 Å². The van der Waals surface area contributed by atoms with Gasteiger partial charge in [0, 0.05) is 29.9 Å². The van der Waals surface area contributed by atoms with Crippen LogP contribution in [0.2, 0.25) is 0 Å². The van der Waals surface area contributed by atoms with Gasteiger partial charge in [0.2, 0.25) is 11.9 Å². The highest BCUT2D eigenvalue weighted by Gasteiger charge is 2.24. The molecule has 1 N–H and O–H groups in total. The third kappa shape index (κ3) is 9.23. The number of benzene rings is 1. The number of hydrogen-bond donors (Lipinski definition) is 1. The summed E-state index contributed by atoms with van der Waals surface area (Å²) < 4.78 is 17.6. The molecule has 8 heteroatoms. The summed E-state index contributed by atoms with van der Waals surface area (Å²) in [7, 11) is 0. The van der Waals surface area contributed by atoms with Gasteiger partial charge in [-0.1, -0.05) is 36.4 Å². The Morgan fingerprint density at radius 3 is 2.76 bits per heavy atom. The topological polar surface area (TPSA) is 99.9 Å². The average Bonchev–Trinajstić information content (AvgIpc) is 2.95. The van der Waals surface area contributed by atoms with Crippen LogP contribution in [0.25, 0.3) is 0 Å². The van der Waals surface area contributed by atoms with Crippen molar-refractivity contribution >= 4 is 5.91 Å². The second-order valence-corrected chi connectivity index (χ2v) is 8.74. The predicted molar refractivity (Wildman–Crippen MR) is 124 cm³/mol. The molecule has 1 amide bonds. The molecule has 0 radical (unpaired) electrons. The van der Waals surface area contributed by atoms with Gasteiger partial charge in [0.05, 0.1) is 25.9 Å². The molecule has 0 saturated carbocycles. The lowest BCUT2D eigenvalue weighted by molar-refractivity contribution is -0.524. The van der Waals surface area contributed by atoms with Crippen LogP contribution in [0.15, 0.2) is 42.0 Å². The molecular formula is C25H36N2O6. The van der Waals surface area contributed by atoms with Crippen molar-refractivity contribution in [1.82, 2.24) is 5.32 Å². The van der Waals surface area contributed by atoms with Gasteiger partial charge in [-0.05, 0) is 50.5 Å². The second kappa shape index (κ2) is 14.1. The van der Waals surface area contributed by atoms with E-state index in [9.17, 15) is 14.9 Å². The van der Waals surface area contributed by atoms with Crippen molar-refractivity contribution in [3.8, 4) is 0 Å². The second-order valence-electron chi connectivity index (χ2n) is 8.74. The third-order valence-corrected chi connectivity index (χ3v) is 6.12. The maximum Gasteiger partial charge on any atom is 0.246 e. The fourth-order valence-electron chi connectivity index (χ4n) is 4.28. The maximum atomic E-state index is 12.5. The number of nitrogens with one attached hydrogen (secondary N) is 1. The summed E-state index contributed by atoms with van der Waals surface area (Å²) in [5, 5.41) is 14.0. The van der Waals surface area contributed by atoms with E-state index in [-0.39, 0.29) is 23.2 Å². The van der Waals surface area contributed by atoms with E-state index in [0.29, 0.717) is 58.5 Å². The fourth-order valence-corrected chi connectivity index (χ4v) is 4.28. The van der Waals surface area contributed by atoms with Crippen molar-refractivity contribution in [2.45, 2.75) is 82.8 Å². The van der Waals surface area contributed by atoms with Crippen LogP contribution in [0.4, 0.5) is 0 Å². The Bertz CT molecular complexity index is 769. The zero-order valence-corrected chi connectivity index (χ0v) is 19.3. The molecule has 1 heterocycles. The van der Waals surface area contributed by atoms with Gasteiger partial charge in [-0.15, -0.1) is 0 Å². The van der Waals surface area contributed by atoms with Gasteiger partial charge in [-0.3, -0.25) is 14.9 Å². The molecule has 1 aromatic carbocycles. The summed E-state index contributed by atoms with van der Waals surface area (Å²) in [6, 6.07) is 9.58. The van der Waals surface area contributed by atoms with Crippen LogP contribution in [-0.4, -0.2) is 49.0 Å². The van der Waals surface area contributed by atoms with Crippen LogP contribution >= 0.6 is 0 Å². The Labute approximate surface area is 195 Å². The number of carbonyl (C=O) groups is 1. The molecule has 0 spiro atoms.